The maximum Gasteiger partial charge on any atom is 0.0443 e. The normalized spacial score (nSPS) is 29.5. The molecule has 4 heteroatoms. The van der Waals surface area contributed by atoms with Crippen LogP contribution in [0.5, 0.6) is 0 Å². The lowest BCUT2D eigenvalue weighted by Crippen LogP contribution is -2.38. The minimum absolute atomic E-state index is 0.267. The van der Waals surface area contributed by atoms with Gasteiger partial charge in [0, 0.05) is 41.5 Å². The van der Waals surface area contributed by atoms with Gasteiger partial charge in [0.15, 0.2) is 0 Å². The summed E-state index contributed by atoms with van der Waals surface area (Å²) < 4.78 is 11.1. The van der Waals surface area contributed by atoms with Crippen LogP contribution in [0.3, 0.4) is 0 Å². The van der Waals surface area contributed by atoms with E-state index < -0.39 is 10.8 Å². The highest BCUT2D eigenvalue weighted by Crippen LogP contribution is 2.14. The van der Waals surface area contributed by atoms with Gasteiger partial charge in [-0.15, -0.1) is 0 Å². The zero-order chi connectivity index (χ0) is 9.68. The van der Waals surface area contributed by atoms with Crippen LogP contribution < -0.4 is 0 Å². The van der Waals surface area contributed by atoms with Crippen molar-refractivity contribution in [2.45, 2.75) is 25.3 Å². The molecule has 3 nitrogen and oxygen atoms in total. The van der Waals surface area contributed by atoms with Crippen molar-refractivity contribution in [3.8, 4) is 0 Å². The Balaban J connectivity index is 2.23. The van der Waals surface area contributed by atoms with Crippen LogP contribution in [0.1, 0.15) is 19.3 Å². The third-order valence-electron chi connectivity index (χ3n) is 2.65. The van der Waals surface area contributed by atoms with Gasteiger partial charge in [0.05, 0.1) is 0 Å². The molecule has 1 heterocycles. The molecular formula is C9H19NO2S. The van der Waals surface area contributed by atoms with Gasteiger partial charge in [0.1, 0.15) is 0 Å². The first kappa shape index (κ1) is 11.1. The van der Waals surface area contributed by atoms with Gasteiger partial charge in [0.2, 0.25) is 0 Å². The summed E-state index contributed by atoms with van der Waals surface area (Å²) >= 11 is 0. The van der Waals surface area contributed by atoms with Crippen LogP contribution in [-0.2, 0) is 10.8 Å². The largest absolute Gasteiger partial charge is 0.396 e. The summed E-state index contributed by atoms with van der Waals surface area (Å²) in [7, 11) is 1.53. The second kappa shape index (κ2) is 5.73. The van der Waals surface area contributed by atoms with E-state index in [1.54, 1.807) is 0 Å². The number of rotatable bonds is 4. The Kier molecular flexibility index (Phi) is 4.91. The third-order valence-corrected chi connectivity index (χ3v) is 4.03. The van der Waals surface area contributed by atoms with Crippen molar-refractivity contribution < 1.29 is 9.32 Å². The molecule has 78 valence electrons. The monoisotopic (exact) mass is 205 g/mol. The SMILES string of the molecule is CN(CCCO)C1CCS(=O)CC1. The molecule has 0 aromatic heterocycles. The average Bonchev–Trinajstić information content (AvgIpc) is 2.15. The van der Waals surface area contributed by atoms with E-state index in [0.717, 1.165) is 37.3 Å². The molecule has 0 spiro atoms. The maximum atomic E-state index is 11.1. The predicted octanol–water partition coefficient (Wildman–Crippen LogP) is 0.212. The standard InChI is InChI=1S/C9H19NO2S/c1-10(5-2-6-11)9-3-7-13(12)8-4-9/h9,11H,2-8H2,1H3. The van der Waals surface area contributed by atoms with E-state index in [-0.39, 0.29) is 6.61 Å². The molecule has 0 unspecified atom stereocenters. The van der Waals surface area contributed by atoms with E-state index in [1.165, 1.54) is 0 Å². The first-order valence-corrected chi connectivity index (χ1v) is 6.39. The van der Waals surface area contributed by atoms with Crippen LogP contribution in [0.25, 0.3) is 0 Å². The number of hydrogen-bond acceptors (Lipinski definition) is 3. The van der Waals surface area contributed by atoms with Gasteiger partial charge in [-0.25, -0.2) is 0 Å². The lowest BCUT2D eigenvalue weighted by Gasteiger charge is -2.30. The number of aliphatic hydroxyl groups excluding tert-OH is 1. The van der Waals surface area contributed by atoms with Crippen LogP contribution >= 0.6 is 0 Å². The number of aliphatic hydroxyl groups is 1. The lowest BCUT2D eigenvalue weighted by atomic mass is 10.1. The highest BCUT2D eigenvalue weighted by Gasteiger charge is 2.20. The predicted molar refractivity (Wildman–Crippen MR) is 55.2 cm³/mol. The van der Waals surface area contributed by atoms with E-state index in [0.29, 0.717) is 6.04 Å². The van der Waals surface area contributed by atoms with Gasteiger partial charge < -0.3 is 10.0 Å². The molecule has 0 atom stereocenters. The van der Waals surface area contributed by atoms with Crippen molar-refractivity contribution in [3.63, 3.8) is 0 Å². The topological polar surface area (TPSA) is 40.5 Å². The summed E-state index contributed by atoms with van der Waals surface area (Å²) in [6, 6.07) is 0.587. The van der Waals surface area contributed by atoms with Gasteiger partial charge in [-0.3, -0.25) is 4.21 Å². The number of hydrogen-bond donors (Lipinski definition) is 1. The Morgan fingerprint density at radius 2 is 2.08 bits per heavy atom. The molecule has 1 aliphatic rings. The molecule has 0 aromatic rings. The molecule has 0 amide bonds. The highest BCUT2D eigenvalue weighted by molar-refractivity contribution is 7.85. The van der Waals surface area contributed by atoms with E-state index >= 15 is 0 Å². The van der Waals surface area contributed by atoms with Crippen molar-refractivity contribution >= 4 is 10.8 Å². The van der Waals surface area contributed by atoms with Crippen LogP contribution in [0, 0.1) is 0 Å². The molecule has 0 bridgehead atoms. The fraction of sp³-hybridized carbons (Fsp3) is 1.00. The van der Waals surface area contributed by atoms with E-state index in [2.05, 4.69) is 11.9 Å². The summed E-state index contributed by atoms with van der Waals surface area (Å²) in [5, 5.41) is 8.68. The van der Waals surface area contributed by atoms with Crippen molar-refractivity contribution in [1.82, 2.24) is 4.90 Å². The smallest absolute Gasteiger partial charge is 0.0443 e. The zero-order valence-electron chi connectivity index (χ0n) is 8.24. The highest BCUT2D eigenvalue weighted by atomic mass is 32.2. The van der Waals surface area contributed by atoms with Crippen molar-refractivity contribution in [1.29, 1.82) is 0 Å². The minimum Gasteiger partial charge on any atom is -0.396 e. The van der Waals surface area contributed by atoms with Crippen LogP contribution in [0.2, 0.25) is 0 Å². The van der Waals surface area contributed by atoms with Crippen LogP contribution in [0.4, 0.5) is 0 Å². The molecule has 0 aromatic carbocycles. The third kappa shape index (κ3) is 3.75. The van der Waals surface area contributed by atoms with Crippen molar-refractivity contribution in [3.05, 3.63) is 0 Å². The van der Waals surface area contributed by atoms with Gasteiger partial charge in [-0.2, -0.15) is 0 Å². The molecular weight excluding hydrogens is 186 g/mol. The van der Waals surface area contributed by atoms with Crippen molar-refractivity contribution in [2.75, 3.05) is 31.7 Å². The Bertz CT molecular complexity index is 165. The van der Waals surface area contributed by atoms with Crippen LogP contribution in [0.15, 0.2) is 0 Å². The van der Waals surface area contributed by atoms with E-state index in [4.69, 9.17) is 5.11 Å². The van der Waals surface area contributed by atoms with Gasteiger partial charge in [-0.1, -0.05) is 0 Å². The molecule has 1 rings (SSSR count). The average molecular weight is 205 g/mol. The minimum atomic E-state index is -0.559. The maximum absolute atomic E-state index is 11.1. The van der Waals surface area contributed by atoms with E-state index in [1.807, 2.05) is 0 Å². The second-order valence-electron chi connectivity index (χ2n) is 3.64. The lowest BCUT2D eigenvalue weighted by molar-refractivity contribution is 0.198. The first-order chi connectivity index (χ1) is 6.24. The zero-order valence-corrected chi connectivity index (χ0v) is 9.05. The molecule has 1 saturated heterocycles. The molecule has 1 N–H and O–H groups in total. The fourth-order valence-corrected chi connectivity index (χ4v) is 3.00. The molecule has 1 fully saturated rings. The van der Waals surface area contributed by atoms with E-state index in [9.17, 15) is 4.21 Å². The Morgan fingerprint density at radius 3 is 2.62 bits per heavy atom. The number of nitrogens with zero attached hydrogens (tertiary/aromatic N) is 1. The fourth-order valence-electron chi connectivity index (χ4n) is 1.72. The Hall–Kier alpha value is 0.0700. The first-order valence-electron chi connectivity index (χ1n) is 4.90. The van der Waals surface area contributed by atoms with Gasteiger partial charge in [-0.05, 0) is 26.3 Å². The van der Waals surface area contributed by atoms with Crippen molar-refractivity contribution in [2.24, 2.45) is 0 Å². The second-order valence-corrected chi connectivity index (χ2v) is 5.33. The molecule has 0 aliphatic carbocycles. The Labute approximate surface area is 82.6 Å². The van der Waals surface area contributed by atoms with Crippen LogP contribution in [-0.4, -0.2) is 52.0 Å². The summed E-state index contributed by atoms with van der Waals surface area (Å²) in [5.41, 5.74) is 0. The molecule has 1 aliphatic heterocycles. The molecule has 13 heavy (non-hydrogen) atoms. The summed E-state index contributed by atoms with van der Waals surface area (Å²) in [4.78, 5) is 2.28. The molecule has 0 radical (unpaired) electrons. The quantitative estimate of drug-likeness (QED) is 0.713. The van der Waals surface area contributed by atoms with Gasteiger partial charge >= 0.3 is 0 Å². The Morgan fingerprint density at radius 1 is 1.46 bits per heavy atom. The summed E-state index contributed by atoms with van der Waals surface area (Å²) in [6.45, 7) is 1.22. The summed E-state index contributed by atoms with van der Waals surface area (Å²) in [5.74, 6) is 1.71. The van der Waals surface area contributed by atoms with Gasteiger partial charge in [0.25, 0.3) is 0 Å². The molecule has 0 saturated carbocycles. The summed E-state index contributed by atoms with van der Waals surface area (Å²) in [6.07, 6.45) is 2.94.